The highest BCUT2D eigenvalue weighted by Crippen LogP contribution is 2.39. The van der Waals surface area contributed by atoms with Crippen molar-refractivity contribution in [1.29, 1.82) is 0 Å². The summed E-state index contributed by atoms with van der Waals surface area (Å²) in [6.45, 7) is 2.19. The second kappa shape index (κ2) is 8.37. The van der Waals surface area contributed by atoms with Crippen LogP contribution >= 0.6 is 11.6 Å². The Bertz CT molecular complexity index is 546. The summed E-state index contributed by atoms with van der Waals surface area (Å²) in [6, 6.07) is 2.97. The molecule has 0 amide bonds. The molecule has 0 N–H and O–H groups in total. The van der Waals surface area contributed by atoms with Crippen molar-refractivity contribution in [2.24, 2.45) is 5.92 Å². The number of allylic oxidation sites excluding steroid dienone is 1. The van der Waals surface area contributed by atoms with Gasteiger partial charge in [0, 0.05) is 11.6 Å². The monoisotopic (exact) mass is 362 g/mol. The Morgan fingerprint density at radius 3 is 2.38 bits per heavy atom. The number of benzene rings is 1. The van der Waals surface area contributed by atoms with Crippen molar-refractivity contribution in [3.63, 3.8) is 0 Å². The molecule has 134 valence electrons. The van der Waals surface area contributed by atoms with Crippen molar-refractivity contribution in [2.45, 2.75) is 64.0 Å². The molecule has 0 aromatic heterocycles. The molecule has 1 aromatic rings. The summed E-state index contributed by atoms with van der Waals surface area (Å²) in [4.78, 5) is 0. The zero-order valence-corrected chi connectivity index (χ0v) is 14.6. The summed E-state index contributed by atoms with van der Waals surface area (Å²) in [5.74, 6) is 0.303. The second-order valence-corrected chi connectivity index (χ2v) is 7.04. The first-order valence-corrected chi connectivity index (χ1v) is 8.93. The maximum Gasteiger partial charge on any atom is 0.409 e. The smallest absolute Gasteiger partial charge is 0.206 e. The first-order valence-electron chi connectivity index (χ1n) is 8.55. The van der Waals surface area contributed by atoms with E-state index in [9.17, 15) is 17.6 Å². The van der Waals surface area contributed by atoms with Crippen LogP contribution in [-0.4, -0.2) is 6.18 Å². The van der Waals surface area contributed by atoms with E-state index < -0.39 is 12.0 Å². The summed E-state index contributed by atoms with van der Waals surface area (Å²) in [5, 5.41) is 0.0404. The lowest BCUT2D eigenvalue weighted by atomic mass is 9.77. The number of hydrogen-bond acceptors (Lipinski definition) is 0. The van der Waals surface area contributed by atoms with E-state index >= 15 is 0 Å². The van der Waals surface area contributed by atoms with Crippen molar-refractivity contribution >= 4 is 17.7 Å². The minimum atomic E-state index is -4.48. The third kappa shape index (κ3) is 5.51. The van der Waals surface area contributed by atoms with E-state index in [1.165, 1.54) is 25.3 Å². The predicted molar refractivity (Wildman–Crippen MR) is 90.7 cm³/mol. The zero-order valence-electron chi connectivity index (χ0n) is 13.8. The molecule has 1 aliphatic rings. The summed E-state index contributed by atoms with van der Waals surface area (Å²) in [5.41, 5.74) is 0.602. The van der Waals surface area contributed by atoms with Crippen LogP contribution in [0.4, 0.5) is 17.6 Å². The molecular formula is C19H23ClF4. The predicted octanol–water partition coefficient (Wildman–Crippen LogP) is 7.52. The molecule has 24 heavy (non-hydrogen) atoms. The van der Waals surface area contributed by atoms with E-state index in [2.05, 4.69) is 6.92 Å². The van der Waals surface area contributed by atoms with Crippen LogP contribution in [0.1, 0.15) is 68.9 Å². The van der Waals surface area contributed by atoms with Crippen LogP contribution in [-0.2, 0) is 0 Å². The lowest BCUT2D eigenvalue weighted by Crippen LogP contribution is -2.13. The summed E-state index contributed by atoms with van der Waals surface area (Å²) < 4.78 is 50.9. The van der Waals surface area contributed by atoms with Crippen molar-refractivity contribution in [2.75, 3.05) is 0 Å². The molecule has 2 rings (SSSR count). The first-order chi connectivity index (χ1) is 11.3. The molecule has 1 aliphatic carbocycles. The fourth-order valence-corrected chi connectivity index (χ4v) is 3.73. The molecular weight excluding hydrogens is 340 g/mol. The Balaban J connectivity index is 2.07. The van der Waals surface area contributed by atoms with Gasteiger partial charge in [0.1, 0.15) is 5.82 Å². The van der Waals surface area contributed by atoms with Crippen molar-refractivity contribution in [1.82, 2.24) is 0 Å². The Hall–Kier alpha value is -1.03. The van der Waals surface area contributed by atoms with Gasteiger partial charge < -0.3 is 0 Å². The number of rotatable bonds is 5. The molecule has 0 spiro atoms. The standard InChI is InChI=1S/C19H23ClF4/c1-2-3-4-13-5-7-14(8-6-13)15-11-17(20)16(18(21)12-15)9-10-19(22,23)24/h9-14H,2-8H2,1H3/b10-9+. The van der Waals surface area contributed by atoms with Crippen LogP contribution in [0.15, 0.2) is 18.2 Å². The van der Waals surface area contributed by atoms with Crippen molar-refractivity contribution in [3.8, 4) is 0 Å². The maximum absolute atomic E-state index is 14.2. The second-order valence-electron chi connectivity index (χ2n) is 6.63. The van der Waals surface area contributed by atoms with Gasteiger partial charge in [0.2, 0.25) is 0 Å². The molecule has 1 fully saturated rings. The first kappa shape index (κ1) is 19.3. The molecule has 0 unspecified atom stereocenters. The van der Waals surface area contributed by atoms with Crippen LogP contribution in [0.5, 0.6) is 0 Å². The van der Waals surface area contributed by atoms with E-state index in [4.69, 9.17) is 11.6 Å². The molecule has 0 heterocycles. The highest BCUT2D eigenvalue weighted by molar-refractivity contribution is 6.32. The van der Waals surface area contributed by atoms with E-state index in [1.54, 1.807) is 6.07 Å². The van der Waals surface area contributed by atoms with Gasteiger partial charge in [-0.25, -0.2) is 4.39 Å². The van der Waals surface area contributed by atoms with Crippen LogP contribution in [0.25, 0.3) is 6.08 Å². The molecule has 1 saturated carbocycles. The Morgan fingerprint density at radius 2 is 1.83 bits per heavy atom. The van der Waals surface area contributed by atoms with Gasteiger partial charge in [-0.1, -0.05) is 37.8 Å². The Kier molecular flexibility index (Phi) is 6.73. The molecule has 0 radical (unpaired) electrons. The molecule has 0 saturated heterocycles. The quantitative estimate of drug-likeness (QED) is 0.475. The SMILES string of the molecule is CCCCC1CCC(c2cc(F)c(/C=C/C(F)(F)F)c(Cl)c2)CC1. The summed E-state index contributed by atoms with van der Waals surface area (Å²) in [6.07, 6.45) is 4.15. The molecule has 0 aliphatic heterocycles. The average Bonchev–Trinajstić information content (AvgIpc) is 2.51. The zero-order chi connectivity index (χ0) is 17.7. The summed E-state index contributed by atoms with van der Waals surface area (Å²) in [7, 11) is 0. The maximum atomic E-state index is 14.2. The van der Waals surface area contributed by atoms with E-state index in [0.717, 1.165) is 37.2 Å². The number of unbranched alkanes of at least 4 members (excludes halogenated alkanes) is 1. The van der Waals surface area contributed by atoms with E-state index in [-0.39, 0.29) is 22.6 Å². The fraction of sp³-hybridized carbons (Fsp3) is 0.579. The number of halogens is 5. The van der Waals surface area contributed by atoms with Crippen LogP contribution in [0, 0.1) is 11.7 Å². The number of alkyl halides is 3. The van der Waals surface area contributed by atoms with Crippen LogP contribution < -0.4 is 0 Å². The van der Waals surface area contributed by atoms with E-state index in [1.807, 2.05) is 0 Å². The van der Waals surface area contributed by atoms with E-state index in [0.29, 0.717) is 6.08 Å². The normalized spacial score (nSPS) is 22.2. The largest absolute Gasteiger partial charge is 0.409 e. The van der Waals surface area contributed by atoms with Gasteiger partial charge in [0.05, 0.1) is 5.02 Å². The molecule has 0 atom stereocenters. The Labute approximate surface area is 145 Å². The third-order valence-electron chi connectivity index (χ3n) is 4.82. The highest BCUT2D eigenvalue weighted by Gasteiger charge is 2.25. The van der Waals surface area contributed by atoms with Crippen LogP contribution in [0.3, 0.4) is 0 Å². The van der Waals surface area contributed by atoms with Crippen molar-refractivity contribution in [3.05, 3.63) is 40.2 Å². The van der Waals surface area contributed by atoms with Gasteiger partial charge in [0.15, 0.2) is 0 Å². The van der Waals surface area contributed by atoms with Gasteiger partial charge in [-0.2, -0.15) is 13.2 Å². The molecule has 1 aromatic carbocycles. The van der Waals surface area contributed by atoms with Gasteiger partial charge >= 0.3 is 6.18 Å². The summed E-state index contributed by atoms with van der Waals surface area (Å²) >= 11 is 6.02. The third-order valence-corrected chi connectivity index (χ3v) is 5.14. The lowest BCUT2D eigenvalue weighted by molar-refractivity contribution is -0.0790. The Morgan fingerprint density at radius 1 is 1.17 bits per heavy atom. The fourth-order valence-electron chi connectivity index (χ4n) is 3.45. The topological polar surface area (TPSA) is 0 Å². The van der Waals surface area contributed by atoms with Crippen LogP contribution in [0.2, 0.25) is 5.02 Å². The molecule has 5 heteroatoms. The van der Waals surface area contributed by atoms with Gasteiger partial charge in [-0.05, 0) is 61.3 Å². The highest BCUT2D eigenvalue weighted by atomic mass is 35.5. The lowest BCUT2D eigenvalue weighted by Gasteiger charge is -2.29. The minimum absolute atomic E-state index is 0.00982. The molecule has 0 nitrogen and oxygen atoms in total. The van der Waals surface area contributed by atoms with Gasteiger partial charge in [-0.3, -0.25) is 0 Å². The minimum Gasteiger partial charge on any atom is -0.206 e. The van der Waals surface area contributed by atoms with Gasteiger partial charge in [-0.15, -0.1) is 0 Å². The van der Waals surface area contributed by atoms with Gasteiger partial charge in [0.25, 0.3) is 0 Å². The average molecular weight is 363 g/mol. The molecule has 0 bridgehead atoms. The van der Waals surface area contributed by atoms with Crippen molar-refractivity contribution < 1.29 is 17.6 Å². The number of hydrogen-bond donors (Lipinski definition) is 0.